The highest BCUT2D eigenvalue weighted by Crippen LogP contribution is 2.17. The largest absolute Gasteiger partial charge is 0.377 e. The van der Waals surface area contributed by atoms with Gasteiger partial charge in [-0.25, -0.2) is 10.4 Å². The number of hydrogen-bond donors (Lipinski definition) is 2. The molecule has 1 aromatic rings. The second-order valence-electron chi connectivity index (χ2n) is 3.78. The molecule has 0 aromatic carbocycles. The lowest BCUT2D eigenvalue weighted by Crippen LogP contribution is -2.38. The van der Waals surface area contributed by atoms with Gasteiger partial charge in [0.15, 0.2) is 0 Å². The Hall–Kier alpha value is -0.910. The summed E-state index contributed by atoms with van der Waals surface area (Å²) < 4.78 is 7.67. The van der Waals surface area contributed by atoms with E-state index in [0.717, 1.165) is 18.8 Å². The number of nitrogens with one attached hydrogen (secondary N) is 1. The molecule has 3 N–H and O–H groups in total. The predicted molar refractivity (Wildman–Crippen MR) is 63.7 cm³/mol. The first-order valence-electron chi connectivity index (χ1n) is 5.83. The summed E-state index contributed by atoms with van der Waals surface area (Å²) in [6, 6.07) is -0.0681. The van der Waals surface area contributed by atoms with Gasteiger partial charge in [0.05, 0.1) is 6.10 Å². The van der Waals surface area contributed by atoms with Crippen LogP contribution < -0.4 is 11.3 Å². The van der Waals surface area contributed by atoms with Crippen molar-refractivity contribution >= 4 is 0 Å². The van der Waals surface area contributed by atoms with E-state index < -0.39 is 0 Å². The lowest BCUT2D eigenvalue weighted by atomic mass is 10.1. The van der Waals surface area contributed by atoms with Crippen molar-refractivity contribution in [3.05, 3.63) is 18.2 Å². The van der Waals surface area contributed by atoms with Crippen LogP contribution in [-0.4, -0.2) is 22.3 Å². The average Bonchev–Trinajstić information content (AvgIpc) is 2.69. The fourth-order valence-corrected chi connectivity index (χ4v) is 1.81. The van der Waals surface area contributed by atoms with E-state index in [2.05, 4.69) is 21.9 Å². The molecule has 2 unspecified atom stereocenters. The second-order valence-corrected chi connectivity index (χ2v) is 3.78. The monoisotopic (exact) mass is 226 g/mol. The van der Waals surface area contributed by atoms with E-state index >= 15 is 0 Å². The number of aryl methyl sites for hydroxylation is 1. The highest BCUT2D eigenvalue weighted by atomic mass is 16.5. The molecule has 2 atom stereocenters. The normalized spacial score (nSPS) is 15.0. The van der Waals surface area contributed by atoms with Crippen LogP contribution in [-0.2, 0) is 11.3 Å². The van der Waals surface area contributed by atoms with E-state index in [1.807, 2.05) is 20.0 Å². The van der Waals surface area contributed by atoms with Gasteiger partial charge in [-0.3, -0.25) is 5.84 Å². The number of hydrazine groups is 1. The van der Waals surface area contributed by atoms with Crippen molar-refractivity contribution in [3.63, 3.8) is 0 Å². The van der Waals surface area contributed by atoms with Crippen molar-refractivity contribution in [2.24, 2.45) is 5.84 Å². The van der Waals surface area contributed by atoms with E-state index in [1.54, 1.807) is 6.20 Å². The lowest BCUT2D eigenvalue weighted by Gasteiger charge is -2.23. The van der Waals surface area contributed by atoms with Gasteiger partial charge in [-0.2, -0.15) is 0 Å². The Morgan fingerprint density at radius 1 is 1.56 bits per heavy atom. The third kappa shape index (κ3) is 3.04. The van der Waals surface area contributed by atoms with Gasteiger partial charge in [-0.1, -0.05) is 6.92 Å². The van der Waals surface area contributed by atoms with Crippen molar-refractivity contribution in [2.75, 3.05) is 6.61 Å². The smallest absolute Gasteiger partial charge is 0.129 e. The van der Waals surface area contributed by atoms with Crippen LogP contribution in [0.2, 0.25) is 0 Å². The molecule has 16 heavy (non-hydrogen) atoms. The maximum atomic E-state index is 5.58. The van der Waals surface area contributed by atoms with Crippen molar-refractivity contribution in [1.82, 2.24) is 15.0 Å². The fourth-order valence-electron chi connectivity index (χ4n) is 1.81. The molecule has 0 aliphatic carbocycles. The van der Waals surface area contributed by atoms with E-state index in [1.165, 1.54) is 0 Å². The Bertz CT molecular complexity index is 300. The SMILES string of the molecule is CCCn1ccnc1C(NN)C(C)OCC. The fraction of sp³-hybridized carbons (Fsp3) is 0.727. The van der Waals surface area contributed by atoms with Crippen LogP contribution in [0.1, 0.15) is 39.1 Å². The van der Waals surface area contributed by atoms with E-state index in [4.69, 9.17) is 10.6 Å². The highest BCUT2D eigenvalue weighted by molar-refractivity contribution is 5.01. The number of hydrogen-bond acceptors (Lipinski definition) is 4. The van der Waals surface area contributed by atoms with E-state index in [0.29, 0.717) is 6.61 Å². The van der Waals surface area contributed by atoms with Crippen LogP contribution in [0.5, 0.6) is 0 Å². The van der Waals surface area contributed by atoms with Crippen LogP contribution in [0, 0.1) is 0 Å². The minimum Gasteiger partial charge on any atom is -0.377 e. The number of nitrogens with zero attached hydrogens (tertiary/aromatic N) is 2. The summed E-state index contributed by atoms with van der Waals surface area (Å²) >= 11 is 0. The molecule has 5 nitrogen and oxygen atoms in total. The summed E-state index contributed by atoms with van der Waals surface area (Å²) in [6.45, 7) is 7.74. The van der Waals surface area contributed by atoms with E-state index in [9.17, 15) is 0 Å². The second kappa shape index (κ2) is 6.62. The summed E-state index contributed by atoms with van der Waals surface area (Å²) in [5, 5.41) is 0. The third-order valence-corrected chi connectivity index (χ3v) is 2.57. The Morgan fingerprint density at radius 2 is 2.31 bits per heavy atom. The Morgan fingerprint density at radius 3 is 2.88 bits per heavy atom. The molecule has 0 fully saturated rings. The third-order valence-electron chi connectivity index (χ3n) is 2.57. The minimum atomic E-state index is -0.0681. The van der Waals surface area contributed by atoms with E-state index in [-0.39, 0.29) is 12.1 Å². The zero-order valence-corrected chi connectivity index (χ0v) is 10.3. The highest BCUT2D eigenvalue weighted by Gasteiger charge is 2.22. The van der Waals surface area contributed by atoms with Crippen LogP contribution >= 0.6 is 0 Å². The van der Waals surface area contributed by atoms with Crippen LogP contribution in [0.25, 0.3) is 0 Å². The first-order chi connectivity index (χ1) is 7.74. The molecule has 0 amide bonds. The van der Waals surface area contributed by atoms with Gasteiger partial charge < -0.3 is 9.30 Å². The summed E-state index contributed by atoms with van der Waals surface area (Å²) in [5.41, 5.74) is 2.78. The van der Waals surface area contributed by atoms with Crippen LogP contribution in [0.4, 0.5) is 0 Å². The first kappa shape index (κ1) is 13.2. The average molecular weight is 226 g/mol. The van der Waals surface area contributed by atoms with Gasteiger partial charge in [0.25, 0.3) is 0 Å². The number of ether oxygens (including phenoxy) is 1. The maximum absolute atomic E-state index is 5.58. The molecule has 0 radical (unpaired) electrons. The van der Waals surface area contributed by atoms with Gasteiger partial charge in [0.1, 0.15) is 11.9 Å². The Labute approximate surface area is 97.0 Å². The van der Waals surface area contributed by atoms with Crippen molar-refractivity contribution in [3.8, 4) is 0 Å². The van der Waals surface area contributed by atoms with Gasteiger partial charge in [-0.15, -0.1) is 0 Å². The van der Waals surface area contributed by atoms with Crippen LogP contribution in [0.15, 0.2) is 12.4 Å². The number of nitrogens with two attached hydrogens (primary N) is 1. The molecular weight excluding hydrogens is 204 g/mol. The molecule has 0 saturated carbocycles. The van der Waals surface area contributed by atoms with Crippen molar-refractivity contribution in [1.29, 1.82) is 0 Å². The molecule has 1 heterocycles. The Balaban J connectivity index is 2.81. The van der Waals surface area contributed by atoms with Gasteiger partial charge in [-0.05, 0) is 20.3 Å². The van der Waals surface area contributed by atoms with Crippen molar-refractivity contribution < 1.29 is 4.74 Å². The summed E-state index contributed by atoms with van der Waals surface area (Å²) in [6.07, 6.45) is 4.85. The number of imidazole rings is 1. The molecule has 1 aromatic heterocycles. The predicted octanol–water partition coefficient (Wildman–Crippen LogP) is 1.22. The van der Waals surface area contributed by atoms with Gasteiger partial charge >= 0.3 is 0 Å². The van der Waals surface area contributed by atoms with Crippen LogP contribution in [0.3, 0.4) is 0 Å². The lowest BCUT2D eigenvalue weighted by molar-refractivity contribution is 0.0439. The maximum Gasteiger partial charge on any atom is 0.129 e. The quantitative estimate of drug-likeness (QED) is 0.542. The molecule has 0 spiro atoms. The van der Waals surface area contributed by atoms with Gasteiger partial charge in [0, 0.05) is 25.5 Å². The molecule has 5 heteroatoms. The standard InChI is InChI=1S/C11H22N4O/c1-4-7-15-8-6-13-11(15)10(14-12)9(3)16-5-2/h6,8-10,14H,4-5,7,12H2,1-3H3. The Kier molecular flexibility index (Phi) is 5.45. The molecule has 92 valence electrons. The summed E-state index contributed by atoms with van der Waals surface area (Å²) in [7, 11) is 0. The summed E-state index contributed by atoms with van der Waals surface area (Å²) in [5.74, 6) is 6.51. The summed E-state index contributed by atoms with van der Waals surface area (Å²) in [4.78, 5) is 4.35. The first-order valence-corrected chi connectivity index (χ1v) is 5.83. The molecule has 0 saturated heterocycles. The molecular formula is C11H22N4O. The van der Waals surface area contributed by atoms with Gasteiger partial charge in [0.2, 0.25) is 0 Å². The minimum absolute atomic E-state index is 0.00741. The molecule has 0 aliphatic heterocycles. The number of aromatic nitrogens is 2. The molecule has 1 rings (SSSR count). The van der Waals surface area contributed by atoms with Crippen molar-refractivity contribution in [2.45, 2.75) is 45.9 Å². The zero-order valence-electron chi connectivity index (χ0n) is 10.3. The molecule has 0 bridgehead atoms. The topological polar surface area (TPSA) is 65.1 Å². The molecule has 0 aliphatic rings. The number of rotatable bonds is 7. The zero-order chi connectivity index (χ0) is 12.0.